The fourth-order valence-electron chi connectivity index (χ4n) is 1.85. The molecule has 2 heterocycles. The van der Waals surface area contributed by atoms with Gasteiger partial charge in [-0.3, -0.25) is 0 Å². The van der Waals surface area contributed by atoms with Crippen LogP contribution in [0.4, 0.5) is 5.13 Å². The maximum Gasteiger partial charge on any atom is 0.187 e. The molecule has 82 valence electrons. The summed E-state index contributed by atoms with van der Waals surface area (Å²) in [6.07, 6.45) is 4.34. The van der Waals surface area contributed by atoms with Gasteiger partial charge in [-0.2, -0.15) is 0 Å². The zero-order chi connectivity index (χ0) is 11.0. The van der Waals surface area contributed by atoms with Crippen LogP contribution in [0, 0.1) is 0 Å². The van der Waals surface area contributed by atoms with E-state index in [0.717, 1.165) is 29.5 Å². The van der Waals surface area contributed by atoms with Gasteiger partial charge in [0.25, 0.3) is 0 Å². The van der Waals surface area contributed by atoms with Crippen LogP contribution in [0.1, 0.15) is 0 Å². The Kier molecular flexibility index (Phi) is 2.29. The number of nitrogens with zero attached hydrogens (tertiary/aromatic N) is 2. The maximum atomic E-state index is 5.31. The Hall–Kier alpha value is -1.55. The molecule has 0 radical (unpaired) electrons. The zero-order valence-electron chi connectivity index (χ0n) is 9.01. The summed E-state index contributed by atoms with van der Waals surface area (Å²) < 4.78 is 6.50. The number of benzene rings is 1. The Balaban J connectivity index is 2.08. The standard InChI is InChI=1S/C12H12N2OS/c1-15-9-5-4-6-10-11(9)13-12(16-10)14-7-2-3-8-14/h2-6H,7-8H2,1H3. The predicted molar refractivity (Wildman–Crippen MR) is 67.5 cm³/mol. The lowest BCUT2D eigenvalue weighted by molar-refractivity contribution is 0.419. The molecule has 0 fully saturated rings. The van der Waals surface area contributed by atoms with Gasteiger partial charge >= 0.3 is 0 Å². The van der Waals surface area contributed by atoms with E-state index in [1.54, 1.807) is 18.4 Å². The largest absolute Gasteiger partial charge is 0.494 e. The highest BCUT2D eigenvalue weighted by atomic mass is 32.1. The predicted octanol–water partition coefficient (Wildman–Crippen LogP) is 2.68. The van der Waals surface area contributed by atoms with Crippen LogP contribution < -0.4 is 9.64 Å². The molecule has 0 saturated carbocycles. The van der Waals surface area contributed by atoms with Gasteiger partial charge in [0.2, 0.25) is 0 Å². The van der Waals surface area contributed by atoms with Crippen LogP contribution in [0.3, 0.4) is 0 Å². The van der Waals surface area contributed by atoms with E-state index >= 15 is 0 Å². The molecule has 1 aromatic carbocycles. The van der Waals surface area contributed by atoms with Gasteiger partial charge in [-0.1, -0.05) is 29.6 Å². The van der Waals surface area contributed by atoms with Crippen LogP contribution in [0.15, 0.2) is 30.4 Å². The second-order valence-corrected chi connectivity index (χ2v) is 4.69. The highest BCUT2D eigenvalue weighted by molar-refractivity contribution is 7.22. The topological polar surface area (TPSA) is 25.4 Å². The second kappa shape index (κ2) is 3.79. The first-order valence-electron chi connectivity index (χ1n) is 5.22. The van der Waals surface area contributed by atoms with Crippen molar-refractivity contribution in [2.75, 3.05) is 25.1 Å². The van der Waals surface area contributed by atoms with Gasteiger partial charge in [0.05, 0.1) is 11.8 Å². The summed E-state index contributed by atoms with van der Waals surface area (Å²) in [5, 5.41) is 1.07. The van der Waals surface area contributed by atoms with Gasteiger partial charge in [0.1, 0.15) is 11.3 Å². The quantitative estimate of drug-likeness (QED) is 0.744. The fraction of sp³-hybridized carbons (Fsp3) is 0.250. The van der Waals surface area contributed by atoms with Gasteiger partial charge in [-0.25, -0.2) is 4.98 Å². The monoisotopic (exact) mass is 232 g/mol. The van der Waals surface area contributed by atoms with Gasteiger partial charge < -0.3 is 9.64 Å². The number of para-hydroxylation sites is 1. The molecule has 0 spiro atoms. The van der Waals surface area contributed by atoms with Crippen LogP contribution in [-0.2, 0) is 0 Å². The third-order valence-electron chi connectivity index (χ3n) is 2.68. The lowest BCUT2D eigenvalue weighted by atomic mass is 10.3. The summed E-state index contributed by atoms with van der Waals surface area (Å²) in [7, 11) is 1.69. The summed E-state index contributed by atoms with van der Waals surface area (Å²) in [5.41, 5.74) is 0.969. The molecule has 0 unspecified atom stereocenters. The summed E-state index contributed by atoms with van der Waals surface area (Å²) in [5.74, 6) is 0.854. The Morgan fingerprint density at radius 1 is 1.31 bits per heavy atom. The Morgan fingerprint density at radius 3 is 2.88 bits per heavy atom. The van der Waals surface area contributed by atoms with E-state index in [2.05, 4.69) is 28.1 Å². The number of anilines is 1. The molecule has 16 heavy (non-hydrogen) atoms. The van der Waals surface area contributed by atoms with E-state index in [4.69, 9.17) is 4.74 Å². The van der Waals surface area contributed by atoms with Crippen molar-refractivity contribution < 1.29 is 4.74 Å². The van der Waals surface area contributed by atoms with Crippen molar-refractivity contribution in [3.63, 3.8) is 0 Å². The Morgan fingerprint density at radius 2 is 2.12 bits per heavy atom. The van der Waals surface area contributed by atoms with Crippen LogP contribution in [-0.4, -0.2) is 25.2 Å². The molecular weight excluding hydrogens is 220 g/mol. The van der Waals surface area contributed by atoms with Gasteiger partial charge in [-0.05, 0) is 12.1 Å². The first kappa shape index (κ1) is 9.66. The minimum absolute atomic E-state index is 0.854. The van der Waals surface area contributed by atoms with Crippen LogP contribution in [0.5, 0.6) is 5.75 Å². The normalized spacial score (nSPS) is 14.9. The van der Waals surface area contributed by atoms with Crippen molar-refractivity contribution in [2.24, 2.45) is 0 Å². The number of hydrogen-bond acceptors (Lipinski definition) is 4. The highest BCUT2D eigenvalue weighted by Gasteiger charge is 2.14. The average Bonchev–Trinajstić information content (AvgIpc) is 2.96. The number of methoxy groups -OCH3 is 1. The van der Waals surface area contributed by atoms with Gasteiger partial charge in [0, 0.05) is 13.1 Å². The maximum absolute atomic E-state index is 5.31. The van der Waals surface area contributed by atoms with E-state index < -0.39 is 0 Å². The van der Waals surface area contributed by atoms with Crippen LogP contribution in [0.2, 0.25) is 0 Å². The Labute approximate surface area is 98.0 Å². The minimum atomic E-state index is 0.854. The summed E-state index contributed by atoms with van der Waals surface area (Å²) in [6, 6.07) is 6.04. The van der Waals surface area contributed by atoms with Crippen molar-refractivity contribution >= 4 is 26.7 Å². The lowest BCUT2D eigenvalue weighted by Crippen LogP contribution is -2.17. The molecule has 3 rings (SSSR count). The molecule has 0 saturated heterocycles. The molecule has 3 nitrogen and oxygen atoms in total. The number of rotatable bonds is 2. The van der Waals surface area contributed by atoms with Crippen molar-refractivity contribution in [1.29, 1.82) is 0 Å². The van der Waals surface area contributed by atoms with E-state index in [1.807, 2.05) is 12.1 Å². The summed E-state index contributed by atoms with van der Waals surface area (Å²) >= 11 is 1.72. The SMILES string of the molecule is COc1cccc2sc(N3CC=CC3)nc12. The van der Waals surface area contributed by atoms with Crippen molar-refractivity contribution in [2.45, 2.75) is 0 Å². The highest BCUT2D eigenvalue weighted by Crippen LogP contribution is 2.34. The van der Waals surface area contributed by atoms with E-state index in [0.29, 0.717) is 0 Å². The first-order chi connectivity index (χ1) is 7.88. The molecule has 0 N–H and O–H groups in total. The third-order valence-corrected chi connectivity index (χ3v) is 3.76. The molecule has 0 atom stereocenters. The van der Waals surface area contributed by atoms with Crippen LogP contribution >= 0.6 is 11.3 Å². The Bertz CT molecular complexity index is 539. The minimum Gasteiger partial charge on any atom is -0.494 e. The molecule has 0 aliphatic carbocycles. The first-order valence-corrected chi connectivity index (χ1v) is 6.03. The molecule has 0 bridgehead atoms. The number of ether oxygens (including phenoxy) is 1. The second-order valence-electron chi connectivity index (χ2n) is 3.68. The van der Waals surface area contributed by atoms with Gasteiger partial charge in [0.15, 0.2) is 5.13 Å². The van der Waals surface area contributed by atoms with Gasteiger partial charge in [-0.15, -0.1) is 0 Å². The van der Waals surface area contributed by atoms with Crippen molar-refractivity contribution in [1.82, 2.24) is 4.98 Å². The van der Waals surface area contributed by atoms with Crippen molar-refractivity contribution in [3.05, 3.63) is 30.4 Å². The van der Waals surface area contributed by atoms with Crippen LogP contribution in [0.25, 0.3) is 10.2 Å². The average molecular weight is 232 g/mol. The molecule has 4 heteroatoms. The molecule has 1 aliphatic heterocycles. The van der Waals surface area contributed by atoms with E-state index in [9.17, 15) is 0 Å². The molecular formula is C12H12N2OS. The third kappa shape index (κ3) is 1.46. The number of hydrogen-bond donors (Lipinski definition) is 0. The lowest BCUT2D eigenvalue weighted by Gasteiger charge is -2.12. The zero-order valence-corrected chi connectivity index (χ0v) is 9.83. The fourth-order valence-corrected chi connectivity index (χ4v) is 2.85. The summed E-state index contributed by atoms with van der Waals surface area (Å²) in [4.78, 5) is 6.90. The number of fused-ring (bicyclic) bond motifs is 1. The number of aromatic nitrogens is 1. The molecule has 0 amide bonds. The molecule has 1 aromatic heterocycles. The summed E-state index contributed by atoms with van der Waals surface area (Å²) in [6.45, 7) is 1.92. The van der Waals surface area contributed by atoms with Crippen molar-refractivity contribution in [3.8, 4) is 5.75 Å². The molecule has 2 aromatic rings. The number of thiazole rings is 1. The van der Waals surface area contributed by atoms with E-state index in [-0.39, 0.29) is 0 Å². The molecule has 1 aliphatic rings. The smallest absolute Gasteiger partial charge is 0.187 e. The van der Waals surface area contributed by atoms with E-state index in [1.165, 1.54) is 4.70 Å².